The highest BCUT2D eigenvalue weighted by molar-refractivity contribution is 5.82. The van der Waals surface area contributed by atoms with Crippen molar-refractivity contribution in [2.75, 3.05) is 13.7 Å². The van der Waals surface area contributed by atoms with Gasteiger partial charge in [0.05, 0.1) is 12.6 Å². The number of rotatable bonds is 4. The average Bonchev–Trinajstić information content (AvgIpc) is 2.44. The lowest BCUT2D eigenvalue weighted by molar-refractivity contribution is 0.0528. The fourth-order valence-corrected chi connectivity index (χ4v) is 2.17. The number of alkyl carbamates (subject to hydrolysis) is 1. The second-order valence-electron chi connectivity index (χ2n) is 6.17. The van der Waals surface area contributed by atoms with Crippen molar-refractivity contribution in [2.45, 2.75) is 32.8 Å². The Morgan fingerprint density at radius 3 is 2.70 bits per heavy atom. The molecule has 1 N–H and O–H groups in total. The minimum Gasteiger partial charge on any atom is -0.481 e. The molecule has 0 saturated heterocycles. The van der Waals surface area contributed by atoms with Crippen molar-refractivity contribution >= 4 is 17.0 Å². The molecule has 0 unspecified atom stereocenters. The van der Waals surface area contributed by atoms with E-state index in [9.17, 15) is 9.18 Å². The van der Waals surface area contributed by atoms with Gasteiger partial charge in [-0.05, 0) is 51.0 Å². The van der Waals surface area contributed by atoms with Gasteiger partial charge in [-0.25, -0.2) is 14.2 Å². The van der Waals surface area contributed by atoms with Gasteiger partial charge in [0.15, 0.2) is 0 Å². The van der Waals surface area contributed by atoms with Crippen molar-refractivity contribution < 1.29 is 18.7 Å². The number of hydrogen-bond donors (Lipinski definition) is 1. The summed E-state index contributed by atoms with van der Waals surface area (Å²) >= 11 is 0. The maximum absolute atomic E-state index is 13.7. The molecule has 124 valence electrons. The molecule has 1 aromatic heterocycles. The number of ether oxygens (including phenoxy) is 2. The molecule has 1 amide bonds. The van der Waals surface area contributed by atoms with Gasteiger partial charge in [0.2, 0.25) is 5.88 Å². The summed E-state index contributed by atoms with van der Waals surface area (Å²) in [5, 5.41) is 3.35. The summed E-state index contributed by atoms with van der Waals surface area (Å²) in [4.78, 5) is 16.0. The fourth-order valence-electron chi connectivity index (χ4n) is 2.17. The van der Waals surface area contributed by atoms with E-state index in [0.29, 0.717) is 35.3 Å². The van der Waals surface area contributed by atoms with Crippen LogP contribution in [-0.4, -0.2) is 30.3 Å². The van der Waals surface area contributed by atoms with E-state index in [1.165, 1.54) is 19.2 Å². The van der Waals surface area contributed by atoms with Crippen molar-refractivity contribution in [1.82, 2.24) is 10.3 Å². The average molecular weight is 320 g/mol. The summed E-state index contributed by atoms with van der Waals surface area (Å²) in [5.41, 5.74) is 0.816. The van der Waals surface area contributed by atoms with Gasteiger partial charge in [0.1, 0.15) is 11.4 Å². The molecule has 5 nitrogen and oxygen atoms in total. The molecule has 0 bridgehead atoms. The van der Waals surface area contributed by atoms with E-state index < -0.39 is 11.7 Å². The minimum atomic E-state index is -0.551. The summed E-state index contributed by atoms with van der Waals surface area (Å²) in [5.74, 6) is 0.127. The molecule has 2 rings (SSSR count). The van der Waals surface area contributed by atoms with E-state index >= 15 is 0 Å². The van der Waals surface area contributed by atoms with Crippen molar-refractivity contribution in [3.05, 3.63) is 35.6 Å². The lowest BCUT2D eigenvalue weighted by Gasteiger charge is -2.19. The number of nitrogens with zero attached hydrogens (tertiary/aromatic N) is 1. The van der Waals surface area contributed by atoms with E-state index in [1.54, 1.807) is 32.9 Å². The van der Waals surface area contributed by atoms with Gasteiger partial charge in [-0.15, -0.1) is 0 Å². The number of amides is 1. The van der Waals surface area contributed by atoms with Crippen molar-refractivity contribution in [3.8, 4) is 5.88 Å². The Hall–Kier alpha value is -2.37. The number of halogens is 1. The van der Waals surface area contributed by atoms with Gasteiger partial charge in [-0.1, -0.05) is 0 Å². The van der Waals surface area contributed by atoms with Gasteiger partial charge in [0.25, 0.3) is 0 Å². The topological polar surface area (TPSA) is 60.5 Å². The van der Waals surface area contributed by atoms with Crippen LogP contribution in [0.15, 0.2) is 24.3 Å². The smallest absolute Gasteiger partial charge is 0.407 e. The molecule has 0 saturated carbocycles. The van der Waals surface area contributed by atoms with Gasteiger partial charge in [-0.3, -0.25) is 0 Å². The van der Waals surface area contributed by atoms with Crippen LogP contribution in [-0.2, 0) is 11.2 Å². The van der Waals surface area contributed by atoms with Gasteiger partial charge >= 0.3 is 6.09 Å². The van der Waals surface area contributed by atoms with Crippen LogP contribution in [0.5, 0.6) is 5.88 Å². The van der Waals surface area contributed by atoms with Crippen LogP contribution in [0.2, 0.25) is 0 Å². The number of fused-ring (bicyclic) bond motifs is 1. The van der Waals surface area contributed by atoms with Crippen LogP contribution >= 0.6 is 0 Å². The normalized spacial score (nSPS) is 11.3. The number of carbonyl (C=O) groups excluding carboxylic acids is 1. The van der Waals surface area contributed by atoms with Gasteiger partial charge in [-0.2, -0.15) is 0 Å². The standard InChI is InChI=1S/C17H21FN2O3/c1-17(2,3)23-16(21)19-8-7-12-10-13(18)9-11-5-6-14(22-4)20-15(11)12/h5-6,9-10H,7-8H2,1-4H3,(H,19,21). The van der Waals surface area contributed by atoms with Crippen molar-refractivity contribution in [2.24, 2.45) is 0 Å². The first-order valence-electron chi connectivity index (χ1n) is 7.38. The molecule has 0 spiro atoms. The van der Waals surface area contributed by atoms with Crippen LogP contribution < -0.4 is 10.1 Å². The lowest BCUT2D eigenvalue weighted by atomic mass is 10.1. The van der Waals surface area contributed by atoms with E-state index in [-0.39, 0.29) is 5.82 Å². The second-order valence-corrected chi connectivity index (χ2v) is 6.17. The van der Waals surface area contributed by atoms with E-state index in [1.807, 2.05) is 0 Å². The molecule has 6 heteroatoms. The number of benzene rings is 1. The predicted molar refractivity (Wildman–Crippen MR) is 86.2 cm³/mol. The van der Waals surface area contributed by atoms with Crippen LogP contribution in [0, 0.1) is 5.82 Å². The summed E-state index contributed by atoms with van der Waals surface area (Å²) in [7, 11) is 1.53. The Kier molecular flexibility index (Phi) is 5.03. The van der Waals surface area contributed by atoms with E-state index in [4.69, 9.17) is 9.47 Å². The Morgan fingerprint density at radius 1 is 1.30 bits per heavy atom. The zero-order chi connectivity index (χ0) is 17.0. The molecule has 0 aliphatic carbocycles. The van der Waals surface area contributed by atoms with Gasteiger partial charge in [0, 0.05) is 18.0 Å². The Labute approximate surface area is 134 Å². The van der Waals surface area contributed by atoms with Gasteiger partial charge < -0.3 is 14.8 Å². The van der Waals surface area contributed by atoms with Crippen LogP contribution in [0.25, 0.3) is 10.9 Å². The zero-order valence-corrected chi connectivity index (χ0v) is 13.8. The number of methoxy groups -OCH3 is 1. The number of pyridine rings is 1. The molecule has 0 atom stereocenters. The SMILES string of the molecule is COc1ccc2cc(F)cc(CCNC(=O)OC(C)(C)C)c2n1. The maximum Gasteiger partial charge on any atom is 0.407 e. The zero-order valence-electron chi connectivity index (χ0n) is 13.8. The summed E-state index contributed by atoms with van der Waals surface area (Å²) in [6.07, 6.45) is -0.0584. The monoisotopic (exact) mass is 320 g/mol. The molecule has 0 aliphatic heterocycles. The molecule has 1 aromatic carbocycles. The van der Waals surface area contributed by atoms with Crippen molar-refractivity contribution in [3.63, 3.8) is 0 Å². The molecule has 0 aliphatic rings. The number of nitrogens with one attached hydrogen (secondary N) is 1. The molecule has 2 aromatic rings. The Balaban J connectivity index is 2.11. The predicted octanol–water partition coefficient (Wildman–Crippen LogP) is 3.45. The van der Waals surface area contributed by atoms with E-state index in [2.05, 4.69) is 10.3 Å². The third kappa shape index (κ3) is 4.81. The first kappa shape index (κ1) is 17.0. The highest BCUT2D eigenvalue weighted by Gasteiger charge is 2.16. The van der Waals surface area contributed by atoms with Crippen molar-refractivity contribution in [1.29, 1.82) is 0 Å². The minimum absolute atomic E-state index is 0.326. The molecular formula is C17H21FN2O3. The first-order valence-corrected chi connectivity index (χ1v) is 7.38. The lowest BCUT2D eigenvalue weighted by Crippen LogP contribution is -2.33. The van der Waals surface area contributed by atoms with Crippen LogP contribution in [0.4, 0.5) is 9.18 Å². The largest absolute Gasteiger partial charge is 0.481 e. The number of aromatic nitrogens is 1. The maximum atomic E-state index is 13.7. The molecule has 1 heterocycles. The fraction of sp³-hybridized carbons (Fsp3) is 0.412. The molecule has 23 heavy (non-hydrogen) atoms. The van der Waals surface area contributed by atoms with E-state index in [0.717, 1.165) is 0 Å². The first-order chi connectivity index (χ1) is 10.8. The number of hydrogen-bond acceptors (Lipinski definition) is 4. The summed E-state index contributed by atoms with van der Waals surface area (Å²) < 4.78 is 24.0. The van der Waals surface area contributed by atoms with Crippen LogP contribution in [0.3, 0.4) is 0 Å². The molecule has 0 fully saturated rings. The summed E-state index contributed by atoms with van der Waals surface area (Å²) in [6.45, 7) is 5.71. The summed E-state index contributed by atoms with van der Waals surface area (Å²) in [6, 6.07) is 6.29. The third-order valence-corrected chi connectivity index (χ3v) is 3.08. The highest BCUT2D eigenvalue weighted by Crippen LogP contribution is 2.22. The second kappa shape index (κ2) is 6.81. The highest BCUT2D eigenvalue weighted by atomic mass is 19.1. The molecule has 0 radical (unpaired) electrons. The number of carbonyl (C=O) groups is 1. The quantitative estimate of drug-likeness (QED) is 0.937. The van der Waals surface area contributed by atoms with Crippen LogP contribution in [0.1, 0.15) is 26.3 Å². The third-order valence-electron chi connectivity index (χ3n) is 3.08. The molecular weight excluding hydrogens is 299 g/mol. The Bertz CT molecular complexity index is 711. The Morgan fingerprint density at radius 2 is 2.04 bits per heavy atom.